The summed E-state index contributed by atoms with van der Waals surface area (Å²) in [5, 5.41) is 0. The number of benzene rings is 1. The Kier molecular flexibility index (Phi) is 3.66. The molecule has 0 bridgehead atoms. The number of hydrogen-bond acceptors (Lipinski definition) is 3. The normalized spacial score (nSPS) is 31.0. The summed E-state index contributed by atoms with van der Waals surface area (Å²) in [6.07, 6.45) is 1.28. The van der Waals surface area contributed by atoms with Crippen LogP contribution in [0.1, 0.15) is 40.5 Å². The molecule has 0 aromatic heterocycles. The van der Waals surface area contributed by atoms with E-state index in [1.54, 1.807) is 29.2 Å². The number of likely N-dealkylation sites (N-methyl/N-ethyl adjacent to an activating group) is 1. The fraction of sp³-hybridized carbons (Fsp3) is 0.471. The van der Waals surface area contributed by atoms with Crippen molar-refractivity contribution in [3.63, 3.8) is 0 Å². The summed E-state index contributed by atoms with van der Waals surface area (Å²) < 4.78 is -0.237. The number of hydrogen-bond donors (Lipinski definition) is 0. The molecule has 3 aliphatic rings. The minimum atomic E-state index is -0.707. The van der Waals surface area contributed by atoms with Crippen LogP contribution in [0.15, 0.2) is 24.3 Å². The molecular formula is C17H16Br2N2O3. The van der Waals surface area contributed by atoms with Gasteiger partial charge in [0, 0.05) is 12.5 Å². The van der Waals surface area contributed by atoms with Crippen molar-refractivity contribution in [1.82, 2.24) is 9.80 Å². The van der Waals surface area contributed by atoms with Gasteiger partial charge in [0.1, 0.15) is 9.28 Å². The van der Waals surface area contributed by atoms with Crippen molar-refractivity contribution in [3.8, 4) is 0 Å². The van der Waals surface area contributed by atoms with Crippen molar-refractivity contribution in [1.29, 1.82) is 0 Å². The van der Waals surface area contributed by atoms with Gasteiger partial charge in [-0.05, 0) is 31.9 Å². The van der Waals surface area contributed by atoms with E-state index in [9.17, 15) is 14.4 Å². The highest BCUT2D eigenvalue weighted by Crippen LogP contribution is 2.62. The molecule has 1 saturated carbocycles. The lowest BCUT2D eigenvalue weighted by Gasteiger charge is -2.30. The van der Waals surface area contributed by atoms with Gasteiger partial charge in [-0.3, -0.25) is 19.3 Å². The van der Waals surface area contributed by atoms with Gasteiger partial charge >= 0.3 is 0 Å². The van der Waals surface area contributed by atoms with Crippen LogP contribution in [-0.4, -0.2) is 49.4 Å². The molecule has 126 valence electrons. The number of halogens is 2. The highest BCUT2D eigenvalue weighted by molar-refractivity contribution is 9.25. The van der Waals surface area contributed by atoms with Crippen molar-refractivity contribution < 1.29 is 14.4 Å². The maximum absolute atomic E-state index is 13.1. The molecule has 0 radical (unpaired) electrons. The quantitative estimate of drug-likeness (QED) is 0.509. The zero-order valence-electron chi connectivity index (χ0n) is 13.0. The summed E-state index contributed by atoms with van der Waals surface area (Å²) in [6.45, 7) is 2.48. The molecule has 2 aliphatic heterocycles. The van der Waals surface area contributed by atoms with Crippen LogP contribution in [0.25, 0.3) is 0 Å². The number of likely N-dealkylation sites (tertiary alicyclic amines) is 1. The van der Waals surface area contributed by atoms with Crippen molar-refractivity contribution in [2.45, 2.75) is 35.1 Å². The van der Waals surface area contributed by atoms with Gasteiger partial charge in [0.2, 0.25) is 5.91 Å². The van der Waals surface area contributed by atoms with Gasteiger partial charge in [0.25, 0.3) is 11.8 Å². The summed E-state index contributed by atoms with van der Waals surface area (Å²) >= 11 is 7.30. The molecule has 3 amide bonds. The van der Waals surface area contributed by atoms with Crippen LogP contribution in [0.5, 0.6) is 0 Å². The van der Waals surface area contributed by atoms with Gasteiger partial charge in [-0.2, -0.15) is 0 Å². The molecule has 0 unspecified atom stereocenters. The van der Waals surface area contributed by atoms with E-state index in [1.807, 2.05) is 6.92 Å². The molecule has 1 aliphatic carbocycles. The number of nitrogens with zero attached hydrogens (tertiary/aromatic N) is 2. The average molecular weight is 456 g/mol. The van der Waals surface area contributed by atoms with E-state index in [2.05, 4.69) is 31.9 Å². The first-order valence-electron chi connectivity index (χ1n) is 8.04. The summed E-state index contributed by atoms with van der Waals surface area (Å²) in [7, 11) is 0. The Labute approximate surface area is 156 Å². The zero-order chi connectivity index (χ0) is 17.2. The Morgan fingerprint density at radius 2 is 1.67 bits per heavy atom. The fourth-order valence-corrected chi connectivity index (χ4v) is 5.85. The molecular weight excluding hydrogens is 440 g/mol. The lowest BCUT2D eigenvalue weighted by Crippen LogP contribution is -2.51. The third-order valence-electron chi connectivity index (χ3n) is 5.29. The van der Waals surface area contributed by atoms with Gasteiger partial charge in [-0.15, -0.1) is 0 Å². The summed E-state index contributed by atoms with van der Waals surface area (Å²) in [6, 6.07) is 6.12. The number of carbonyl (C=O) groups excluding carboxylic acids is 3. The number of imide groups is 1. The molecule has 1 saturated heterocycles. The summed E-state index contributed by atoms with van der Waals surface area (Å²) in [5.41, 5.74) is 0.783. The van der Waals surface area contributed by atoms with Gasteiger partial charge in [-0.1, -0.05) is 44.0 Å². The van der Waals surface area contributed by atoms with E-state index >= 15 is 0 Å². The molecule has 1 aromatic rings. The Morgan fingerprint density at radius 1 is 1.08 bits per heavy atom. The van der Waals surface area contributed by atoms with Crippen LogP contribution in [-0.2, 0) is 4.79 Å². The molecule has 1 aromatic carbocycles. The van der Waals surface area contributed by atoms with Crippen molar-refractivity contribution >= 4 is 49.6 Å². The van der Waals surface area contributed by atoms with Crippen molar-refractivity contribution in [2.24, 2.45) is 5.92 Å². The van der Waals surface area contributed by atoms with Gasteiger partial charge in [-0.25, -0.2) is 0 Å². The van der Waals surface area contributed by atoms with Crippen LogP contribution in [0, 0.1) is 5.92 Å². The first kappa shape index (κ1) is 16.3. The number of rotatable bonds is 2. The lowest BCUT2D eigenvalue weighted by atomic mass is 10.1. The monoisotopic (exact) mass is 454 g/mol. The van der Waals surface area contributed by atoms with Crippen LogP contribution < -0.4 is 0 Å². The SMILES string of the molecule is CCN1C(=O)[C@@H](N2C(=O)c3ccccc3C2=O)CC[C@@H]2[C@@H]1C2(Br)Br. The molecule has 7 heteroatoms. The second-order valence-electron chi connectivity index (χ2n) is 6.47. The molecule has 24 heavy (non-hydrogen) atoms. The van der Waals surface area contributed by atoms with Crippen molar-refractivity contribution in [2.75, 3.05) is 6.54 Å². The second kappa shape index (κ2) is 5.39. The van der Waals surface area contributed by atoms with E-state index in [0.717, 1.165) is 6.42 Å². The molecule has 2 fully saturated rings. The third kappa shape index (κ3) is 2.07. The fourth-order valence-electron chi connectivity index (χ4n) is 4.02. The Hall–Kier alpha value is -1.21. The van der Waals surface area contributed by atoms with Gasteiger partial charge < -0.3 is 4.90 Å². The molecule has 0 spiro atoms. The average Bonchev–Trinajstić information content (AvgIpc) is 3.06. The Bertz CT molecular complexity index is 729. The standard InChI is InChI=1S/C17H16Br2N2O3/c1-2-20-13-11(17(13,18)19)7-8-12(16(20)24)21-14(22)9-5-3-4-6-10(9)15(21)23/h3-6,11-13H,2,7-8H2,1H3/t11-,12+,13-/m1/s1. The second-order valence-corrected chi connectivity index (χ2v) is 10.2. The Morgan fingerprint density at radius 3 is 2.21 bits per heavy atom. The zero-order valence-corrected chi connectivity index (χ0v) is 16.2. The van der Waals surface area contributed by atoms with Gasteiger partial charge in [0.05, 0.1) is 17.2 Å². The molecule has 5 nitrogen and oxygen atoms in total. The maximum atomic E-state index is 13.1. The predicted molar refractivity (Wildman–Crippen MR) is 95.2 cm³/mol. The molecule has 2 heterocycles. The Balaban J connectivity index is 1.68. The number of fused-ring (bicyclic) bond motifs is 2. The van der Waals surface area contributed by atoms with E-state index < -0.39 is 6.04 Å². The van der Waals surface area contributed by atoms with E-state index in [-0.39, 0.29) is 27.0 Å². The van der Waals surface area contributed by atoms with Crippen LogP contribution in [0.3, 0.4) is 0 Å². The number of carbonyl (C=O) groups is 3. The smallest absolute Gasteiger partial charge is 0.262 e. The highest BCUT2D eigenvalue weighted by atomic mass is 79.9. The largest absolute Gasteiger partial charge is 0.336 e. The summed E-state index contributed by atoms with van der Waals surface area (Å²) in [5.74, 6) is -0.559. The van der Waals surface area contributed by atoms with E-state index in [1.165, 1.54) is 4.90 Å². The first-order valence-corrected chi connectivity index (χ1v) is 9.63. The topological polar surface area (TPSA) is 57.7 Å². The highest BCUT2D eigenvalue weighted by Gasteiger charge is 2.67. The lowest BCUT2D eigenvalue weighted by molar-refractivity contribution is -0.135. The molecule has 4 rings (SSSR count). The number of alkyl halides is 2. The van der Waals surface area contributed by atoms with Crippen LogP contribution >= 0.6 is 31.9 Å². The van der Waals surface area contributed by atoms with E-state index in [0.29, 0.717) is 30.0 Å². The maximum Gasteiger partial charge on any atom is 0.262 e. The summed E-state index contributed by atoms with van der Waals surface area (Å²) in [4.78, 5) is 41.4. The van der Waals surface area contributed by atoms with Crippen molar-refractivity contribution in [3.05, 3.63) is 35.4 Å². The minimum absolute atomic E-state index is 0.0650. The first-order chi connectivity index (χ1) is 11.4. The van der Waals surface area contributed by atoms with Gasteiger partial charge in [0.15, 0.2) is 0 Å². The predicted octanol–water partition coefficient (Wildman–Crippen LogP) is 2.78. The number of amides is 3. The molecule has 0 N–H and O–H groups in total. The minimum Gasteiger partial charge on any atom is -0.336 e. The molecule has 3 atom stereocenters. The third-order valence-corrected chi connectivity index (χ3v) is 7.41. The van der Waals surface area contributed by atoms with E-state index in [4.69, 9.17) is 0 Å². The van der Waals surface area contributed by atoms with Crippen LogP contribution in [0.4, 0.5) is 0 Å². The van der Waals surface area contributed by atoms with Crippen LogP contribution in [0.2, 0.25) is 0 Å².